The average Bonchev–Trinajstić information content (AvgIpc) is 3.01. The minimum Gasteiger partial charge on any atom is -0.358 e. The van der Waals surface area contributed by atoms with Crippen molar-refractivity contribution in [3.05, 3.63) is 0 Å². The quantitative estimate of drug-likeness (QED) is 0.831. The summed E-state index contributed by atoms with van der Waals surface area (Å²) in [6.07, 6.45) is 5.37. The van der Waals surface area contributed by atoms with Crippen molar-refractivity contribution in [2.45, 2.75) is 45.1 Å². The van der Waals surface area contributed by atoms with E-state index in [1.165, 1.54) is 12.8 Å². The number of amides is 2. The van der Waals surface area contributed by atoms with Gasteiger partial charge in [-0.15, -0.1) is 0 Å². The first-order chi connectivity index (χ1) is 9.67. The third-order valence-electron chi connectivity index (χ3n) is 4.72. The summed E-state index contributed by atoms with van der Waals surface area (Å²) in [5.74, 6) is 0.859. The minimum absolute atomic E-state index is 0.00128. The Morgan fingerprint density at radius 1 is 1.15 bits per heavy atom. The van der Waals surface area contributed by atoms with Crippen molar-refractivity contribution < 1.29 is 9.59 Å². The van der Waals surface area contributed by atoms with Crippen molar-refractivity contribution in [2.24, 2.45) is 5.92 Å². The molecule has 1 N–H and O–H groups in total. The lowest BCUT2D eigenvalue weighted by atomic mass is 9.95. The molecule has 1 heterocycles. The van der Waals surface area contributed by atoms with Crippen LogP contribution in [-0.4, -0.2) is 60.9 Å². The summed E-state index contributed by atoms with van der Waals surface area (Å²) in [5.41, 5.74) is 0. The van der Waals surface area contributed by atoms with Crippen molar-refractivity contribution >= 4 is 11.8 Å². The van der Waals surface area contributed by atoms with E-state index in [-0.39, 0.29) is 17.9 Å². The first-order valence-electron chi connectivity index (χ1n) is 7.90. The zero-order valence-electron chi connectivity index (χ0n) is 12.7. The third-order valence-corrected chi connectivity index (χ3v) is 4.72. The van der Waals surface area contributed by atoms with Crippen LogP contribution in [0.5, 0.6) is 0 Å². The Morgan fingerprint density at radius 3 is 2.25 bits per heavy atom. The van der Waals surface area contributed by atoms with Crippen molar-refractivity contribution in [1.82, 2.24) is 15.1 Å². The molecule has 0 aromatic rings. The second-order valence-corrected chi connectivity index (χ2v) is 5.87. The van der Waals surface area contributed by atoms with E-state index in [9.17, 15) is 9.59 Å². The van der Waals surface area contributed by atoms with Gasteiger partial charge in [-0.05, 0) is 18.8 Å². The van der Waals surface area contributed by atoms with Crippen LogP contribution in [0.15, 0.2) is 0 Å². The van der Waals surface area contributed by atoms with Crippen LogP contribution in [0.3, 0.4) is 0 Å². The number of carbonyl (C=O) groups excluding carboxylic acids is 2. The fourth-order valence-corrected chi connectivity index (χ4v) is 3.57. The number of hydrogen-bond donors (Lipinski definition) is 1. The number of nitrogens with one attached hydrogen (secondary N) is 1. The van der Waals surface area contributed by atoms with Gasteiger partial charge in [0.1, 0.15) is 0 Å². The fourth-order valence-electron chi connectivity index (χ4n) is 3.57. The number of carbonyl (C=O) groups is 2. The number of nitrogens with zero attached hydrogens (tertiary/aromatic N) is 2. The normalized spacial score (nSPS) is 22.8. The average molecular weight is 281 g/mol. The van der Waals surface area contributed by atoms with E-state index in [1.807, 2.05) is 11.8 Å². The van der Waals surface area contributed by atoms with Crippen LogP contribution < -0.4 is 5.32 Å². The molecule has 2 aliphatic rings. The summed E-state index contributed by atoms with van der Waals surface area (Å²) >= 11 is 0. The van der Waals surface area contributed by atoms with Crippen molar-refractivity contribution in [3.63, 3.8) is 0 Å². The monoisotopic (exact) mass is 281 g/mol. The molecule has 0 aromatic carbocycles. The summed E-state index contributed by atoms with van der Waals surface area (Å²) in [6, 6.07) is 0.00128. The van der Waals surface area contributed by atoms with Crippen molar-refractivity contribution in [1.29, 1.82) is 0 Å². The topological polar surface area (TPSA) is 52.7 Å². The molecule has 1 aliphatic heterocycles. The smallest absolute Gasteiger partial charge is 0.237 e. The van der Waals surface area contributed by atoms with Gasteiger partial charge >= 0.3 is 0 Å². The van der Waals surface area contributed by atoms with E-state index < -0.39 is 0 Å². The van der Waals surface area contributed by atoms with Gasteiger partial charge < -0.3 is 10.2 Å². The van der Waals surface area contributed by atoms with Gasteiger partial charge in [-0.25, -0.2) is 0 Å². The molecule has 2 amide bonds. The molecule has 0 spiro atoms. The summed E-state index contributed by atoms with van der Waals surface area (Å²) in [7, 11) is 1.72. The van der Waals surface area contributed by atoms with E-state index in [2.05, 4.69) is 10.2 Å². The highest BCUT2D eigenvalue weighted by Gasteiger charge is 2.36. The highest BCUT2D eigenvalue weighted by atomic mass is 16.2. The molecule has 2 fully saturated rings. The molecule has 1 aliphatic carbocycles. The van der Waals surface area contributed by atoms with Crippen LogP contribution in [-0.2, 0) is 9.59 Å². The summed E-state index contributed by atoms with van der Waals surface area (Å²) in [4.78, 5) is 28.2. The second kappa shape index (κ2) is 7.07. The Hall–Kier alpha value is -1.10. The van der Waals surface area contributed by atoms with Crippen LogP contribution >= 0.6 is 0 Å². The van der Waals surface area contributed by atoms with Gasteiger partial charge in [-0.1, -0.05) is 19.8 Å². The zero-order chi connectivity index (χ0) is 14.5. The van der Waals surface area contributed by atoms with E-state index >= 15 is 0 Å². The minimum atomic E-state index is 0.00128. The van der Waals surface area contributed by atoms with E-state index in [0.717, 1.165) is 39.0 Å². The third kappa shape index (κ3) is 3.32. The largest absolute Gasteiger partial charge is 0.358 e. The molecule has 1 atom stereocenters. The van der Waals surface area contributed by atoms with Gasteiger partial charge in [0.15, 0.2) is 0 Å². The van der Waals surface area contributed by atoms with E-state index in [0.29, 0.717) is 12.3 Å². The lowest BCUT2D eigenvalue weighted by Gasteiger charge is -2.40. The second-order valence-electron chi connectivity index (χ2n) is 5.87. The first-order valence-corrected chi connectivity index (χ1v) is 7.90. The standard InChI is InChI=1S/C15H27N3O2/c1-3-13(19)17-8-10-18(11-9-17)14(15(20)16-2)12-6-4-5-7-12/h12,14H,3-11H2,1-2H3,(H,16,20). The molecular weight excluding hydrogens is 254 g/mol. The molecular formula is C15H27N3O2. The van der Waals surface area contributed by atoms with Crippen LogP contribution in [0, 0.1) is 5.92 Å². The van der Waals surface area contributed by atoms with Gasteiger partial charge in [0.2, 0.25) is 11.8 Å². The maximum atomic E-state index is 12.2. The predicted octanol–water partition coefficient (Wildman–Crippen LogP) is 0.845. The highest BCUT2D eigenvalue weighted by molar-refractivity contribution is 5.82. The molecule has 1 saturated carbocycles. The first kappa shape index (κ1) is 15.3. The summed E-state index contributed by atoms with van der Waals surface area (Å²) in [5, 5.41) is 2.82. The molecule has 20 heavy (non-hydrogen) atoms. The Kier molecular flexibility index (Phi) is 5.40. The van der Waals surface area contributed by atoms with Gasteiger partial charge in [-0.2, -0.15) is 0 Å². The SMILES string of the molecule is CCC(=O)N1CCN(C(C(=O)NC)C2CCCC2)CC1. The molecule has 5 heteroatoms. The Morgan fingerprint density at radius 2 is 1.75 bits per heavy atom. The lowest BCUT2D eigenvalue weighted by molar-refractivity contribution is -0.135. The number of likely N-dealkylation sites (N-methyl/N-ethyl adjacent to an activating group) is 1. The maximum Gasteiger partial charge on any atom is 0.237 e. The highest BCUT2D eigenvalue weighted by Crippen LogP contribution is 2.31. The summed E-state index contributed by atoms with van der Waals surface area (Å²) in [6.45, 7) is 5.06. The van der Waals surface area contributed by atoms with Gasteiger partial charge in [0.25, 0.3) is 0 Å². The molecule has 5 nitrogen and oxygen atoms in total. The van der Waals surface area contributed by atoms with Crippen molar-refractivity contribution in [2.75, 3.05) is 33.2 Å². The Balaban J connectivity index is 1.97. The molecule has 1 unspecified atom stereocenters. The maximum absolute atomic E-state index is 12.2. The molecule has 114 valence electrons. The van der Waals surface area contributed by atoms with Gasteiger partial charge in [0.05, 0.1) is 6.04 Å². The molecule has 1 saturated heterocycles. The van der Waals surface area contributed by atoms with Crippen molar-refractivity contribution in [3.8, 4) is 0 Å². The predicted molar refractivity (Wildman–Crippen MR) is 78.3 cm³/mol. The zero-order valence-corrected chi connectivity index (χ0v) is 12.7. The van der Waals surface area contributed by atoms with E-state index in [4.69, 9.17) is 0 Å². The van der Waals surface area contributed by atoms with Gasteiger partial charge in [0, 0.05) is 39.6 Å². The molecule has 2 rings (SSSR count). The number of rotatable bonds is 4. The van der Waals surface area contributed by atoms with Gasteiger partial charge in [-0.3, -0.25) is 14.5 Å². The number of piperazine rings is 1. The summed E-state index contributed by atoms with van der Waals surface area (Å²) < 4.78 is 0. The lowest BCUT2D eigenvalue weighted by Crippen LogP contribution is -2.57. The molecule has 0 bridgehead atoms. The molecule has 0 radical (unpaired) electrons. The van der Waals surface area contributed by atoms with Crippen LogP contribution in [0.4, 0.5) is 0 Å². The Bertz CT molecular complexity index is 345. The fraction of sp³-hybridized carbons (Fsp3) is 0.867. The van der Waals surface area contributed by atoms with Crippen LogP contribution in [0.2, 0.25) is 0 Å². The van der Waals surface area contributed by atoms with Crippen LogP contribution in [0.1, 0.15) is 39.0 Å². The Labute approximate surface area is 121 Å². The van der Waals surface area contributed by atoms with E-state index in [1.54, 1.807) is 7.05 Å². The van der Waals surface area contributed by atoms with Crippen LogP contribution in [0.25, 0.3) is 0 Å². The molecule has 0 aromatic heterocycles. The number of hydrogen-bond acceptors (Lipinski definition) is 3.